The molecule has 0 unspecified atom stereocenters. The zero-order chi connectivity index (χ0) is 25.8. The second kappa shape index (κ2) is 10.9. The Kier molecular flexibility index (Phi) is 7.29. The summed E-state index contributed by atoms with van der Waals surface area (Å²) in [6.45, 7) is 4.80. The minimum absolute atomic E-state index is 0.102. The number of rotatable bonds is 8. The molecule has 0 aliphatic carbocycles. The number of para-hydroxylation sites is 1. The van der Waals surface area contributed by atoms with Gasteiger partial charge in [-0.1, -0.05) is 47.7 Å². The molecule has 0 N–H and O–H groups in total. The van der Waals surface area contributed by atoms with Crippen LogP contribution in [0.15, 0.2) is 66.7 Å². The predicted octanol–water partition coefficient (Wildman–Crippen LogP) is 5.29. The summed E-state index contributed by atoms with van der Waals surface area (Å²) in [7, 11) is 0. The molecule has 10 heteroatoms. The minimum atomic E-state index is -0.435. The van der Waals surface area contributed by atoms with Crippen molar-refractivity contribution in [2.24, 2.45) is 0 Å². The van der Waals surface area contributed by atoms with Crippen LogP contribution in [0.2, 0.25) is 0 Å². The molecule has 1 aliphatic rings. The summed E-state index contributed by atoms with van der Waals surface area (Å²) in [4.78, 5) is 33.7. The average molecular weight is 519 g/mol. The molecule has 0 bridgehead atoms. The molecule has 190 valence electrons. The molecule has 1 saturated heterocycles. The number of hydrogen-bond acceptors (Lipinski definition) is 8. The maximum Gasteiger partial charge on any atom is 0.293 e. The van der Waals surface area contributed by atoms with Crippen LogP contribution in [-0.2, 0) is 11.3 Å². The summed E-state index contributed by atoms with van der Waals surface area (Å²) in [5.41, 5.74) is 2.21. The highest BCUT2D eigenvalue weighted by molar-refractivity contribution is 7.22. The fourth-order valence-electron chi connectivity index (χ4n) is 4.32. The van der Waals surface area contributed by atoms with Crippen molar-refractivity contribution in [1.82, 2.24) is 4.98 Å². The topological polar surface area (TPSA) is 98.0 Å². The normalized spacial score (nSPS) is 13.5. The van der Waals surface area contributed by atoms with Crippen molar-refractivity contribution >= 4 is 44.0 Å². The number of carbonyl (C=O) groups excluding carboxylic acids is 1. The Morgan fingerprint density at radius 2 is 1.92 bits per heavy atom. The van der Waals surface area contributed by atoms with Gasteiger partial charge in [-0.15, -0.1) is 0 Å². The number of amides is 1. The third-order valence-corrected chi connectivity index (χ3v) is 7.14. The molecular weight excluding hydrogens is 492 g/mol. The van der Waals surface area contributed by atoms with Crippen molar-refractivity contribution in [2.45, 2.75) is 13.5 Å². The Labute approximate surface area is 218 Å². The number of nitro groups is 1. The molecule has 0 saturated carbocycles. The highest BCUT2D eigenvalue weighted by Crippen LogP contribution is 2.36. The highest BCUT2D eigenvalue weighted by Gasteiger charge is 2.27. The monoisotopic (exact) mass is 518 g/mol. The van der Waals surface area contributed by atoms with Crippen LogP contribution in [0.5, 0.6) is 5.75 Å². The molecule has 5 rings (SSSR count). The van der Waals surface area contributed by atoms with E-state index in [-0.39, 0.29) is 23.7 Å². The molecule has 3 aromatic carbocycles. The van der Waals surface area contributed by atoms with Crippen LogP contribution in [0, 0.1) is 10.1 Å². The lowest BCUT2D eigenvalue weighted by Gasteiger charge is -2.28. The van der Waals surface area contributed by atoms with E-state index in [2.05, 4.69) is 0 Å². The van der Waals surface area contributed by atoms with E-state index in [0.717, 1.165) is 10.3 Å². The van der Waals surface area contributed by atoms with E-state index < -0.39 is 4.92 Å². The lowest BCUT2D eigenvalue weighted by Crippen LogP contribution is -2.36. The van der Waals surface area contributed by atoms with E-state index in [4.69, 9.17) is 14.5 Å². The zero-order valence-electron chi connectivity index (χ0n) is 20.3. The molecule has 2 heterocycles. The number of hydrogen-bond donors (Lipinski definition) is 0. The third kappa shape index (κ3) is 5.25. The number of nitro benzene ring substituents is 1. The molecule has 0 atom stereocenters. The van der Waals surface area contributed by atoms with Gasteiger partial charge in [0.25, 0.3) is 11.6 Å². The number of fused-ring (bicyclic) bond motifs is 1. The first kappa shape index (κ1) is 24.7. The van der Waals surface area contributed by atoms with Crippen molar-refractivity contribution in [3.8, 4) is 5.75 Å². The van der Waals surface area contributed by atoms with Crippen LogP contribution in [-0.4, -0.2) is 48.7 Å². The second-order valence-electron chi connectivity index (χ2n) is 8.47. The van der Waals surface area contributed by atoms with Crippen LogP contribution in [0.3, 0.4) is 0 Å². The summed E-state index contributed by atoms with van der Waals surface area (Å²) in [5, 5.41) is 12.5. The molecule has 4 aromatic rings. The van der Waals surface area contributed by atoms with Crippen LogP contribution < -0.4 is 14.5 Å². The van der Waals surface area contributed by atoms with Crippen LogP contribution in [0.1, 0.15) is 22.8 Å². The molecule has 1 aromatic heterocycles. The van der Waals surface area contributed by atoms with Gasteiger partial charge in [0.2, 0.25) is 0 Å². The molecule has 0 radical (unpaired) electrons. The third-order valence-electron chi connectivity index (χ3n) is 6.10. The zero-order valence-corrected chi connectivity index (χ0v) is 21.1. The van der Waals surface area contributed by atoms with Crippen molar-refractivity contribution < 1.29 is 19.2 Å². The number of carbonyl (C=O) groups is 1. The van der Waals surface area contributed by atoms with Gasteiger partial charge in [-0.2, -0.15) is 0 Å². The Morgan fingerprint density at radius 1 is 1.14 bits per heavy atom. The van der Waals surface area contributed by atoms with Gasteiger partial charge in [0.15, 0.2) is 5.13 Å². The lowest BCUT2D eigenvalue weighted by atomic mass is 10.1. The standard InChI is InChI=1S/C27H26N4O5S/c1-2-36-23-9-6-10-24-25(23)28-27(37-24)30(18-19-7-4-3-5-8-19)26(32)20-11-12-21(22(17-20)31(33)34)29-13-15-35-16-14-29/h3-12,17H,2,13-16,18H2,1H3. The minimum Gasteiger partial charge on any atom is -0.492 e. The number of nitrogens with zero attached hydrogens (tertiary/aromatic N) is 4. The average Bonchev–Trinajstić information content (AvgIpc) is 3.37. The number of morpholine rings is 1. The van der Waals surface area contributed by atoms with Crippen molar-refractivity contribution in [2.75, 3.05) is 42.7 Å². The molecular formula is C27H26N4O5S. The van der Waals surface area contributed by atoms with Gasteiger partial charge in [-0.25, -0.2) is 4.98 Å². The summed E-state index contributed by atoms with van der Waals surface area (Å²) in [6.07, 6.45) is 0. The van der Waals surface area contributed by atoms with Gasteiger partial charge < -0.3 is 14.4 Å². The molecule has 9 nitrogen and oxygen atoms in total. The first-order valence-electron chi connectivity index (χ1n) is 12.0. The Morgan fingerprint density at radius 3 is 2.65 bits per heavy atom. The van der Waals surface area contributed by atoms with Crippen molar-refractivity contribution in [3.63, 3.8) is 0 Å². The maximum absolute atomic E-state index is 13.9. The van der Waals surface area contributed by atoms with Crippen LogP contribution in [0.4, 0.5) is 16.5 Å². The van der Waals surface area contributed by atoms with E-state index in [0.29, 0.717) is 55.0 Å². The Hall–Kier alpha value is -4.02. The summed E-state index contributed by atoms with van der Waals surface area (Å²) >= 11 is 1.38. The molecule has 0 spiro atoms. The molecule has 1 aliphatic heterocycles. The summed E-state index contributed by atoms with van der Waals surface area (Å²) < 4.78 is 12.0. The highest BCUT2D eigenvalue weighted by atomic mass is 32.1. The van der Waals surface area contributed by atoms with E-state index in [1.54, 1.807) is 17.0 Å². The fourth-order valence-corrected chi connectivity index (χ4v) is 5.30. The quantitative estimate of drug-likeness (QED) is 0.231. The first-order valence-corrected chi connectivity index (χ1v) is 12.9. The van der Waals surface area contributed by atoms with E-state index in [1.807, 2.05) is 60.4 Å². The Balaban J connectivity index is 1.55. The fraction of sp³-hybridized carbons (Fsp3) is 0.259. The largest absolute Gasteiger partial charge is 0.492 e. The van der Waals surface area contributed by atoms with Crippen molar-refractivity contribution in [3.05, 3.63) is 88.0 Å². The van der Waals surface area contributed by atoms with Gasteiger partial charge in [0.05, 0.1) is 36.0 Å². The van der Waals surface area contributed by atoms with E-state index in [9.17, 15) is 14.9 Å². The SMILES string of the molecule is CCOc1cccc2sc(N(Cc3ccccc3)C(=O)c3ccc(N4CCOCC4)c([N+](=O)[O-])c3)nc12. The number of benzene rings is 3. The number of aromatic nitrogens is 1. The first-order chi connectivity index (χ1) is 18.0. The maximum atomic E-state index is 13.9. The van der Waals surface area contributed by atoms with Crippen LogP contribution >= 0.6 is 11.3 Å². The summed E-state index contributed by atoms with van der Waals surface area (Å²) in [6, 6.07) is 20.0. The van der Waals surface area contributed by atoms with Crippen LogP contribution in [0.25, 0.3) is 10.2 Å². The van der Waals surface area contributed by atoms with Gasteiger partial charge in [0, 0.05) is 24.7 Å². The molecule has 1 amide bonds. The second-order valence-corrected chi connectivity index (χ2v) is 9.48. The van der Waals surface area contributed by atoms with Crippen molar-refractivity contribution in [1.29, 1.82) is 0 Å². The lowest BCUT2D eigenvalue weighted by molar-refractivity contribution is -0.384. The molecule has 37 heavy (non-hydrogen) atoms. The Bertz CT molecular complexity index is 1420. The van der Waals surface area contributed by atoms with Gasteiger partial charge >= 0.3 is 0 Å². The van der Waals surface area contributed by atoms with Gasteiger partial charge in [0.1, 0.15) is 17.0 Å². The number of thiazole rings is 1. The van der Waals surface area contributed by atoms with E-state index >= 15 is 0 Å². The number of ether oxygens (including phenoxy) is 2. The number of anilines is 2. The summed E-state index contributed by atoms with van der Waals surface area (Å²) in [5.74, 6) is 0.289. The van der Waals surface area contributed by atoms with Gasteiger partial charge in [-0.05, 0) is 36.8 Å². The van der Waals surface area contributed by atoms with Gasteiger partial charge in [-0.3, -0.25) is 19.8 Å². The van der Waals surface area contributed by atoms with E-state index in [1.165, 1.54) is 17.4 Å². The predicted molar refractivity (Wildman–Crippen MR) is 144 cm³/mol. The molecule has 1 fully saturated rings. The smallest absolute Gasteiger partial charge is 0.293 e.